The fourth-order valence-corrected chi connectivity index (χ4v) is 4.66. The number of ether oxygens (including phenoxy) is 1. The number of para-hydroxylation sites is 1. The van der Waals surface area contributed by atoms with Gasteiger partial charge < -0.3 is 14.7 Å². The summed E-state index contributed by atoms with van der Waals surface area (Å²) in [5, 5.41) is 15.2. The minimum atomic E-state index is -0.0892. The van der Waals surface area contributed by atoms with E-state index in [4.69, 9.17) is 4.74 Å². The van der Waals surface area contributed by atoms with Gasteiger partial charge in [0.25, 0.3) is 0 Å². The molecule has 8 heteroatoms. The Morgan fingerprint density at radius 3 is 2.62 bits per heavy atom. The normalized spacial score (nSPS) is 17.7. The summed E-state index contributed by atoms with van der Waals surface area (Å²) in [5.41, 5.74) is 1.05. The van der Waals surface area contributed by atoms with Crippen LogP contribution < -0.4 is 4.74 Å². The van der Waals surface area contributed by atoms with Gasteiger partial charge in [-0.2, -0.15) is 4.52 Å². The zero-order chi connectivity index (χ0) is 18.3. The number of nitrogens with zero attached hydrogens (tertiary/aromatic N) is 5. The highest BCUT2D eigenvalue weighted by molar-refractivity contribution is 7.17. The molecule has 1 saturated heterocycles. The van der Waals surface area contributed by atoms with Crippen molar-refractivity contribution < 1.29 is 9.84 Å². The van der Waals surface area contributed by atoms with Crippen LogP contribution in [0.2, 0.25) is 0 Å². The lowest BCUT2D eigenvalue weighted by Crippen LogP contribution is -2.46. The molecule has 0 aliphatic carbocycles. The van der Waals surface area contributed by atoms with E-state index >= 15 is 0 Å². The van der Waals surface area contributed by atoms with Crippen molar-refractivity contribution in [2.45, 2.75) is 13.0 Å². The number of methoxy groups -OCH3 is 1. The summed E-state index contributed by atoms with van der Waals surface area (Å²) in [7, 11) is 3.82. The first-order chi connectivity index (χ1) is 12.6. The summed E-state index contributed by atoms with van der Waals surface area (Å²) in [6.07, 6.45) is 0. The van der Waals surface area contributed by atoms with Gasteiger partial charge in [0.1, 0.15) is 11.6 Å². The van der Waals surface area contributed by atoms with Crippen LogP contribution in [0.4, 0.5) is 0 Å². The van der Waals surface area contributed by atoms with Crippen LogP contribution in [0.15, 0.2) is 24.3 Å². The Hall–Kier alpha value is -2.16. The van der Waals surface area contributed by atoms with E-state index in [2.05, 4.69) is 33.0 Å². The lowest BCUT2D eigenvalue weighted by molar-refractivity contribution is 0.126. The van der Waals surface area contributed by atoms with Crippen molar-refractivity contribution in [1.82, 2.24) is 24.4 Å². The molecule has 3 aromatic rings. The van der Waals surface area contributed by atoms with Gasteiger partial charge in [-0.3, -0.25) is 4.90 Å². The Morgan fingerprint density at radius 1 is 1.19 bits per heavy atom. The first-order valence-electron chi connectivity index (χ1n) is 8.69. The molecule has 3 heterocycles. The Morgan fingerprint density at radius 2 is 1.92 bits per heavy atom. The van der Waals surface area contributed by atoms with Crippen molar-refractivity contribution in [3.63, 3.8) is 0 Å². The summed E-state index contributed by atoms with van der Waals surface area (Å²) >= 11 is 1.49. The molecule has 0 spiro atoms. The van der Waals surface area contributed by atoms with Crippen LogP contribution in [0.5, 0.6) is 11.6 Å². The quantitative estimate of drug-likeness (QED) is 0.756. The summed E-state index contributed by atoms with van der Waals surface area (Å²) in [4.78, 5) is 10.7. The molecule has 0 bridgehead atoms. The molecular weight excluding hydrogens is 350 g/mol. The highest BCUT2D eigenvalue weighted by Gasteiger charge is 2.32. The maximum Gasteiger partial charge on any atom is 0.230 e. The van der Waals surface area contributed by atoms with Gasteiger partial charge in [-0.15, -0.1) is 5.10 Å². The number of aromatic nitrogens is 3. The van der Waals surface area contributed by atoms with Crippen molar-refractivity contribution in [2.24, 2.45) is 0 Å². The van der Waals surface area contributed by atoms with Crippen molar-refractivity contribution in [2.75, 3.05) is 40.3 Å². The van der Waals surface area contributed by atoms with Gasteiger partial charge in [0.05, 0.1) is 18.0 Å². The van der Waals surface area contributed by atoms with E-state index in [1.807, 2.05) is 25.1 Å². The van der Waals surface area contributed by atoms with Gasteiger partial charge >= 0.3 is 0 Å². The van der Waals surface area contributed by atoms with E-state index in [0.717, 1.165) is 42.4 Å². The highest BCUT2D eigenvalue weighted by atomic mass is 32.1. The van der Waals surface area contributed by atoms with Gasteiger partial charge in [-0.05, 0) is 20.0 Å². The maximum absolute atomic E-state index is 10.9. The van der Waals surface area contributed by atoms with Crippen LogP contribution in [0, 0.1) is 6.92 Å². The zero-order valence-electron chi connectivity index (χ0n) is 15.2. The number of aryl methyl sites for hydroxylation is 1. The van der Waals surface area contributed by atoms with Gasteiger partial charge in [0, 0.05) is 31.7 Å². The monoisotopic (exact) mass is 373 g/mol. The van der Waals surface area contributed by atoms with E-state index in [1.54, 1.807) is 7.11 Å². The number of likely N-dealkylation sites (N-methyl/N-ethyl adjacent to an activating group) is 1. The number of benzene rings is 1. The van der Waals surface area contributed by atoms with Crippen molar-refractivity contribution in [3.8, 4) is 11.6 Å². The Balaban J connectivity index is 1.84. The fourth-order valence-electron chi connectivity index (χ4n) is 3.50. The molecule has 1 fully saturated rings. The average Bonchev–Trinajstić information content (AvgIpc) is 3.15. The molecule has 0 radical (unpaired) electrons. The van der Waals surface area contributed by atoms with Crippen molar-refractivity contribution >= 4 is 16.3 Å². The molecule has 0 amide bonds. The molecule has 1 N–H and O–H groups in total. The molecule has 0 saturated carbocycles. The number of piperazine rings is 1. The molecule has 1 unspecified atom stereocenters. The number of rotatable bonds is 4. The molecular formula is C18H23N5O2S. The van der Waals surface area contributed by atoms with E-state index < -0.39 is 0 Å². The third-order valence-electron chi connectivity index (χ3n) is 4.89. The van der Waals surface area contributed by atoms with Crippen LogP contribution in [-0.4, -0.2) is 69.8 Å². The average molecular weight is 373 g/mol. The molecule has 4 rings (SSSR count). The number of hydrogen-bond acceptors (Lipinski definition) is 7. The van der Waals surface area contributed by atoms with Crippen LogP contribution in [0.3, 0.4) is 0 Å². The lowest BCUT2D eigenvalue weighted by atomic mass is 10.0. The van der Waals surface area contributed by atoms with Crippen molar-refractivity contribution in [1.29, 1.82) is 0 Å². The largest absolute Gasteiger partial charge is 0.496 e. The van der Waals surface area contributed by atoms with E-state index in [9.17, 15) is 5.11 Å². The summed E-state index contributed by atoms with van der Waals surface area (Å²) in [5.74, 6) is 1.65. The number of hydrogen-bond donors (Lipinski definition) is 1. The standard InChI is InChI=1S/C18H23N5O2S/c1-12-19-18-23(20-12)17(24)16(26-18)15(22-10-8-21(2)9-11-22)13-6-4-5-7-14(13)25-3/h4-7,15,24H,8-11H2,1-3H3. The first kappa shape index (κ1) is 17.3. The topological polar surface area (TPSA) is 66.1 Å². The highest BCUT2D eigenvalue weighted by Crippen LogP contribution is 2.42. The van der Waals surface area contributed by atoms with Crippen LogP contribution in [0.25, 0.3) is 4.96 Å². The smallest absolute Gasteiger partial charge is 0.230 e. The van der Waals surface area contributed by atoms with Crippen molar-refractivity contribution in [3.05, 3.63) is 40.5 Å². The van der Waals surface area contributed by atoms with Gasteiger partial charge in [0.2, 0.25) is 10.8 Å². The van der Waals surface area contributed by atoms with Crippen LogP contribution in [0.1, 0.15) is 22.3 Å². The van der Waals surface area contributed by atoms with E-state index in [-0.39, 0.29) is 11.9 Å². The number of thiazole rings is 1. The van der Waals surface area contributed by atoms with Gasteiger partial charge in [-0.1, -0.05) is 29.5 Å². The number of fused-ring (bicyclic) bond motifs is 1. The molecule has 26 heavy (non-hydrogen) atoms. The second kappa shape index (κ2) is 6.86. The lowest BCUT2D eigenvalue weighted by Gasteiger charge is -2.38. The van der Waals surface area contributed by atoms with Crippen LogP contribution in [-0.2, 0) is 0 Å². The molecule has 1 aliphatic heterocycles. The SMILES string of the molecule is COc1ccccc1C(c1sc2nc(C)nn2c1O)N1CCN(C)CC1. The molecule has 138 valence electrons. The minimum Gasteiger partial charge on any atom is -0.496 e. The predicted molar refractivity (Wildman–Crippen MR) is 101 cm³/mol. The number of aromatic hydroxyl groups is 1. The van der Waals surface area contributed by atoms with Gasteiger partial charge in [-0.25, -0.2) is 4.98 Å². The molecule has 7 nitrogen and oxygen atoms in total. The Bertz CT molecular complexity index is 914. The molecule has 2 aromatic heterocycles. The van der Waals surface area contributed by atoms with E-state index in [0.29, 0.717) is 10.8 Å². The minimum absolute atomic E-state index is 0.0892. The first-order valence-corrected chi connectivity index (χ1v) is 9.50. The van der Waals surface area contributed by atoms with E-state index in [1.165, 1.54) is 15.9 Å². The van der Waals surface area contributed by atoms with Gasteiger partial charge in [0.15, 0.2) is 0 Å². The predicted octanol–water partition coefficient (Wildman–Crippen LogP) is 2.15. The second-order valence-corrected chi connectivity index (χ2v) is 7.64. The summed E-state index contributed by atoms with van der Waals surface area (Å²) < 4.78 is 7.16. The van der Waals surface area contributed by atoms with Crippen LogP contribution >= 0.6 is 11.3 Å². The summed E-state index contributed by atoms with van der Waals surface area (Å²) in [6, 6.07) is 7.93. The molecule has 1 atom stereocenters. The third kappa shape index (κ3) is 2.94. The Kier molecular flexibility index (Phi) is 4.56. The second-order valence-electron chi connectivity index (χ2n) is 6.63. The fraction of sp³-hybridized carbons (Fsp3) is 0.444. The molecule has 1 aliphatic rings. The third-order valence-corrected chi connectivity index (χ3v) is 5.96. The summed E-state index contributed by atoms with van der Waals surface area (Å²) in [6.45, 7) is 5.66. The maximum atomic E-state index is 10.9. The zero-order valence-corrected chi connectivity index (χ0v) is 16.0. The molecule has 1 aromatic carbocycles. The Labute approximate surface area is 156 Å².